The van der Waals surface area contributed by atoms with Gasteiger partial charge in [-0.1, -0.05) is 43.2 Å². The molecule has 0 spiro atoms. The lowest BCUT2D eigenvalue weighted by molar-refractivity contribution is -0.119. The van der Waals surface area contributed by atoms with Gasteiger partial charge in [-0.3, -0.25) is 9.78 Å². The molecule has 1 N–H and O–H groups in total. The van der Waals surface area contributed by atoms with Crippen molar-refractivity contribution >= 4 is 11.6 Å². The van der Waals surface area contributed by atoms with Crippen molar-refractivity contribution in [1.29, 1.82) is 0 Å². The van der Waals surface area contributed by atoms with Crippen LogP contribution in [0.1, 0.15) is 25.7 Å². The fourth-order valence-electron chi connectivity index (χ4n) is 2.68. The Bertz CT molecular complexity index is 572. The van der Waals surface area contributed by atoms with E-state index < -0.39 is 0 Å². The summed E-state index contributed by atoms with van der Waals surface area (Å²) in [5.74, 6) is 0.320. The van der Waals surface area contributed by atoms with E-state index in [1.54, 1.807) is 6.20 Å². The molecule has 3 heteroatoms. The molecule has 102 valence electrons. The molecule has 0 atom stereocenters. The molecule has 0 unspecified atom stereocenters. The molecule has 1 fully saturated rings. The highest BCUT2D eigenvalue weighted by Crippen LogP contribution is 2.26. The predicted molar refractivity (Wildman–Crippen MR) is 80.3 cm³/mol. The van der Waals surface area contributed by atoms with Crippen LogP contribution in [0.3, 0.4) is 0 Å². The maximum absolute atomic E-state index is 12.0. The van der Waals surface area contributed by atoms with Gasteiger partial charge in [0.15, 0.2) is 0 Å². The van der Waals surface area contributed by atoms with Crippen LogP contribution in [0.5, 0.6) is 0 Å². The quantitative estimate of drug-likeness (QED) is 0.916. The number of hydrogen-bond acceptors (Lipinski definition) is 2. The third-order valence-electron chi connectivity index (χ3n) is 3.83. The zero-order valence-corrected chi connectivity index (χ0v) is 11.4. The van der Waals surface area contributed by atoms with Gasteiger partial charge in [-0.2, -0.15) is 0 Å². The standard InChI is InChI=1S/C17H18N2O/c20-17(14-8-4-5-9-14)19-15-10-11-16(18-12-15)13-6-2-1-3-7-13/h1-3,6-7,10-12,14H,4-5,8-9H2,(H,19,20). The van der Waals surface area contributed by atoms with Crippen LogP contribution in [0.15, 0.2) is 48.7 Å². The molecule has 1 aliphatic rings. The van der Waals surface area contributed by atoms with Crippen LogP contribution in [-0.2, 0) is 4.79 Å². The van der Waals surface area contributed by atoms with Gasteiger partial charge >= 0.3 is 0 Å². The molecular weight excluding hydrogens is 248 g/mol. The smallest absolute Gasteiger partial charge is 0.227 e. The van der Waals surface area contributed by atoms with Crippen LogP contribution >= 0.6 is 0 Å². The predicted octanol–water partition coefficient (Wildman–Crippen LogP) is 3.88. The summed E-state index contributed by atoms with van der Waals surface area (Å²) >= 11 is 0. The second-order valence-corrected chi connectivity index (χ2v) is 5.27. The van der Waals surface area contributed by atoms with Crippen molar-refractivity contribution in [3.63, 3.8) is 0 Å². The number of benzene rings is 1. The Balaban J connectivity index is 1.68. The zero-order chi connectivity index (χ0) is 13.8. The van der Waals surface area contributed by atoms with Crippen molar-refractivity contribution in [2.24, 2.45) is 5.92 Å². The molecule has 0 aliphatic heterocycles. The van der Waals surface area contributed by atoms with Crippen molar-refractivity contribution in [2.75, 3.05) is 5.32 Å². The van der Waals surface area contributed by atoms with Gasteiger partial charge in [0.05, 0.1) is 17.6 Å². The fourth-order valence-corrected chi connectivity index (χ4v) is 2.68. The fraction of sp³-hybridized carbons (Fsp3) is 0.294. The molecule has 3 nitrogen and oxygen atoms in total. The Morgan fingerprint density at radius 2 is 1.80 bits per heavy atom. The molecular formula is C17H18N2O. The van der Waals surface area contributed by atoms with E-state index in [1.807, 2.05) is 42.5 Å². The van der Waals surface area contributed by atoms with E-state index in [4.69, 9.17) is 0 Å². The van der Waals surface area contributed by atoms with Crippen molar-refractivity contribution < 1.29 is 4.79 Å². The van der Waals surface area contributed by atoms with Crippen LogP contribution < -0.4 is 5.32 Å². The minimum Gasteiger partial charge on any atom is -0.324 e. The van der Waals surface area contributed by atoms with Gasteiger partial charge in [0.1, 0.15) is 0 Å². The van der Waals surface area contributed by atoms with Crippen LogP contribution in [0.25, 0.3) is 11.3 Å². The number of carbonyl (C=O) groups excluding carboxylic acids is 1. The Morgan fingerprint density at radius 1 is 1.05 bits per heavy atom. The van der Waals surface area contributed by atoms with Crippen LogP contribution in [0, 0.1) is 5.92 Å². The Labute approximate surface area is 119 Å². The lowest BCUT2D eigenvalue weighted by atomic mass is 10.1. The highest BCUT2D eigenvalue weighted by Gasteiger charge is 2.22. The molecule has 3 rings (SSSR count). The first-order chi connectivity index (χ1) is 9.83. The van der Waals surface area contributed by atoms with Crippen LogP contribution in [-0.4, -0.2) is 10.9 Å². The summed E-state index contributed by atoms with van der Waals surface area (Å²) in [6.07, 6.45) is 6.10. The first-order valence-electron chi connectivity index (χ1n) is 7.15. The maximum atomic E-state index is 12.0. The van der Waals surface area contributed by atoms with E-state index in [1.165, 1.54) is 12.8 Å². The van der Waals surface area contributed by atoms with E-state index in [-0.39, 0.29) is 11.8 Å². The largest absolute Gasteiger partial charge is 0.324 e. The number of nitrogens with one attached hydrogen (secondary N) is 1. The first kappa shape index (κ1) is 12.9. The number of aromatic nitrogens is 1. The summed E-state index contributed by atoms with van der Waals surface area (Å²) in [5, 5.41) is 2.96. The third kappa shape index (κ3) is 2.87. The van der Waals surface area contributed by atoms with Gasteiger partial charge in [-0.25, -0.2) is 0 Å². The molecule has 2 aromatic rings. The topological polar surface area (TPSA) is 42.0 Å². The second-order valence-electron chi connectivity index (χ2n) is 5.27. The summed E-state index contributed by atoms with van der Waals surface area (Å²) in [7, 11) is 0. The summed E-state index contributed by atoms with van der Waals surface area (Å²) in [5.41, 5.74) is 2.78. The van der Waals surface area contributed by atoms with Gasteiger partial charge in [0.25, 0.3) is 0 Å². The summed E-state index contributed by atoms with van der Waals surface area (Å²) < 4.78 is 0. The lowest BCUT2D eigenvalue weighted by Gasteiger charge is -2.10. The Hall–Kier alpha value is -2.16. The highest BCUT2D eigenvalue weighted by atomic mass is 16.1. The Kier molecular flexibility index (Phi) is 3.77. The normalized spacial score (nSPS) is 15.2. The van der Waals surface area contributed by atoms with Gasteiger partial charge in [0.2, 0.25) is 5.91 Å². The summed E-state index contributed by atoms with van der Waals surface area (Å²) in [6, 6.07) is 13.9. The second kappa shape index (κ2) is 5.87. The number of hydrogen-bond donors (Lipinski definition) is 1. The first-order valence-corrected chi connectivity index (χ1v) is 7.15. The molecule has 1 heterocycles. The molecule has 1 saturated carbocycles. The van der Waals surface area contributed by atoms with Crippen molar-refractivity contribution in [1.82, 2.24) is 4.98 Å². The van der Waals surface area contributed by atoms with Crippen LogP contribution in [0.2, 0.25) is 0 Å². The average molecular weight is 266 g/mol. The molecule has 1 amide bonds. The molecule has 1 aliphatic carbocycles. The molecule has 20 heavy (non-hydrogen) atoms. The minimum absolute atomic E-state index is 0.136. The summed E-state index contributed by atoms with van der Waals surface area (Å²) in [6.45, 7) is 0. The van der Waals surface area contributed by atoms with E-state index in [9.17, 15) is 4.79 Å². The number of anilines is 1. The number of nitrogens with zero attached hydrogens (tertiary/aromatic N) is 1. The van der Waals surface area contributed by atoms with Gasteiger partial charge in [-0.05, 0) is 25.0 Å². The van der Waals surface area contributed by atoms with Gasteiger partial charge < -0.3 is 5.32 Å². The van der Waals surface area contributed by atoms with E-state index >= 15 is 0 Å². The molecule has 0 radical (unpaired) electrons. The number of rotatable bonds is 3. The molecule has 1 aromatic heterocycles. The minimum atomic E-state index is 0.136. The number of carbonyl (C=O) groups is 1. The van der Waals surface area contributed by atoms with Gasteiger partial charge in [0, 0.05) is 11.5 Å². The zero-order valence-electron chi connectivity index (χ0n) is 11.4. The third-order valence-corrected chi connectivity index (χ3v) is 3.83. The Morgan fingerprint density at radius 3 is 2.45 bits per heavy atom. The van der Waals surface area contributed by atoms with Gasteiger partial charge in [-0.15, -0.1) is 0 Å². The average Bonchev–Trinajstić information content (AvgIpc) is 3.03. The SMILES string of the molecule is O=C(Nc1ccc(-c2ccccc2)nc1)C1CCCC1. The molecule has 0 saturated heterocycles. The lowest BCUT2D eigenvalue weighted by Crippen LogP contribution is -2.20. The van der Waals surface area contributed by atoms with Crippen molar-refractivity contribution in [3.05, 3.63) is 48.7 Å². The van der Waals surface area contributed by atoms with E-state index in [0.29, 0.717) is 0 Å². The van der Waals surface area contributed by atoms with E-state index in [2.05, 4.69) is 10.3 Å². The van der Waals surface area contributed by atoms with Crippen molar-refractivity contribution in [3.8, 4) is 11.3 Å². The van der Waals surface area contributed by atoms with Crippen molar-refractivity contribution in [2.45, 2.75) is 25.7 Å². The highest BCUT2D eigenvalue weighted by molar-refractivity contribution is 5.92. The number of pyridine rings is 1. The van der Waals surface area contributed by atoms with E-state index in [0.717, 1.165) is 29.8 Å². The maximum Gasteiger partial charge on any atom is 0.227 e. The monoisotopic (exact) mass is 266 g/mol. The molecule has 0 bridgehead atoms. The van der Waals surface area contributed by atoms with Crippen LogP contribution in [0.4, 0.5) is 5.69 Å². The summed E-state index contributed by atoms with van der Waals surface area (Å²) in [4.78, 5) is 16.4. The number of amides is 1. The molecule has 1 aromatic carbocycles.